The molecule has 0 radical (unpaired) electrons. The summed E-state index contributed by atoms with van der Waals surface area (Å²) in [5.41, 5.74) is 0.566. The van der Waals surface area contributed by atoms with E-state index >= 15 is 0 Å². The standard InChI is InChI=1S/C19H21ClN2O3/c20-15-5-1-3-7-17(15)25-18-8-4-2-6-16(18)22-19(24)21-13-9-11-14(23)12-10-13/h1-8,13-14,23H,9-12H2,(H2,21,22,24). The Morgan fingerprint density at radius 3 is 2.36 bits per heavy atom. The van der Waals surface area contributed by atoms with E-state index in [2.05, 4.69) is 10.6 Å². The van der Waals surface area contributed by atoms with Crippen LogP contribution < -0.4 is 15.4 Å². The van der Waals surface area contributed by atoms with Gasteiger partial charge in [-0.15, -0.1) is 0 Å². The van der Waals surface area contributed by atoms with Crippen LogP contribution in [0.15, 0.2) is 48.5 Å². The Morgan fingerprint density at radius 2 is 1.64 bits per heavy atom. The Labute approximate surface area is 152 Å². The molecule has 0 saturated heterocycles. The lowest BCUT2D eigenvalue weighted by atomic mass is 9.93. The highest BCUT2D eigenvalue weighted by Gasteiger charge is 2.21. The summed E-state index contributed by atoms with van der Waals surface area (Å²) in [7, 11) is 0. The summed E-state index contributed by atoms with van der Waals surface area (Å²) in [6.45, 7) is 0. The summed E-state index contributed by atoms with van der Waals surface area (Å²) in [5, 5.41) is 15.8. The number of benzene rings is 2. The number of para-hydroxylation sites is 3. The fourth-order valence-corrected chi connectivity index (χ4v) is 3.04. The quantitative estimate of drug-likeness (QED) is 0.748. The third-order valence-electron chi connectivity index (χ3n) is 4.22. The minimum absolute atomic E-state index is 0.0834. The molecule has 0 aromatic heterocycles. The fraction of sp³-hybridized carbons (Fsp3) is 0.316. The number of nitrogens with one attached hydrogen (secondary N) is 2. The lowest BCUT2D eigenvalue weighted by molar-refractivity contribution is 0.118. The van der Waals surface area contributed by atoms with Gasteiger partial charge in [0, 0.05) is 6.04 Å². The van der Waals surface area contributed by atoms with Gasteiger partial charge in [0.25, 0.3) is 0 Å². The molecule has 6 heteroatoms. The molecule has 0 atom stereocenters. The van der Waals surface area contributed by atoms with E-state index in [-0.39, 0.29) is 18.2 Å². The number of hydrogen-bond donors (Lipinski definition) is 3. The van der Waals surface area contributed by atoms with Gasteiger partial charge < -0.3 is 20.5 Å². The van der Waals surface area contributed by atoms with E-state index in [0.29, 0.717) is 22.2 Å². The number of aliphatic hydroxyl groups excluding tert-OH is 1. The van der Waals surface area contributed by atoms with Gasteiger partial charge in [0.15, 0.2) is 5.75 Å². The van der Waals surface area contributed by atoms with Crippen molar-refractivity contribution in [2.45, 2.75) is 37.8 Å². The number of carbonyl (C=O) groups excluding carboxylic acids is 1. The molecule has 2 aromatic rings. The van der Waals surface area contributed by atoms with Gasteiger partial charge in [-0.2, -0.15) is 0 Å². The number of aliphatic hydroxyl groups is 1. The van der Waals surface area contributed by atoms with E-state index in [1.165, 1.54) is 0 Å². The molecular weight excluding hydrogens is 340 g/mol. The number of hydrogen-bond acceptors (Lipinski definition) is 3. The lowest BCUT2D eigenvalue weighted by Crippen LogP contribution is -2.40. The monoisotopic (exact) mass is 360 g/mol. The van der Waals surface area contributed by atoms with E-state index < -0.39 is 0 Å². The first-order valence-electron chi connectivity index (χ1n) is 8.39. The van der Waals surface area contributed by atoms with Crippen LogP contribution in [0.5, 0.6) is 11.5 Å². The topological polar surface area (TPSA) is 70.6 Å². The maximum atomic E-state index is 12.3. The van der Waals surface area contributed by atoms with Crippen LogP contribution in [0.2, 0.25) is 5.02 Å². The highest BCUT2D eigenvalue weighted by molar-refractivity contribution is 6.32. The van der Waals surface area contributed by atoms with Crippen molar-refractivity contribution >= 4 is 23.3 Å². The molecule has 2 aromatic carbocycles. The summed E-state index contributed by atoms with van der Waals surface area (Å²) < 4.78 is 5.84. The van der Waals surface area contributed by atoms with Crippen LogP contribution in [0.3, 0.4) is 0 Å². The maximum Gasteiger partial charge on any atom is 0.319 e. The van der Waals surface area contributed by atoms with Crippen LogP contribution in [-0.4, -0.2) is 23.3 Å². The Morgan fingerprint density at radius 1 is 1.00 bits per heavy atom. The molecule has 3 rings (SSSR count). The van der Waals surface area contributed by atoms with E-state index in [1.54, 1.807) is 24.3 Å². The van der Waals surface area contributed by atoms with Crippen molar-refractivity contribution in [2.24, 2.45) is 0 Å². The van der Waals surface area contributed by atoms with Gasteiger partial charge in [-0.1, -0.05) is 35.9 Å². The summed E-state index contributed by atoms with van der Waals surface area (Å²) in [6, 6.07) is 14.2. The first-order chi connectivity index (χ1) is 12.1. The van der Waals surface area contributed by atoms with Crippen LogP contribution >= 0.6 is 11.6 Å². The molecule has 132 valence electrons. The summed E-state index contributed by atoms with van der Waals surface area (Å²) in [6.07, 6.45) is 2.76. The molecule has 0 heterocycles. The summed E-state index contributed by atoms with van der Waals surface area (Å²) >= 11 is 6.13. The Balaban J connectivity index is 1.64. The van der Waals surface area contributed by atoms with Gasteiger partial charge in [0.05, 0.1) is 16.8 Å². The second-order valence-corrected chi connectivity index (χ2v) is 6.54. The smallest absolute Gasteiger partial charge is 0.319 e. The molecule has 3 N–H and O–H groups in total. The normalized spacial score (nSPS) is 19.9. The largest absolute Gasteiger partial charge is 0.454 e. The first kappa shape index (κ1) is 17.6. The zero-order valence-electron chi connectivity index (χ0n) is 13.7. The summed E-state index contributed by atoms with van der Waals surface area (Å²) in [5.74, 6) is 1.05. The first-order valence-corrected chi connectivity index (χ1v) is 8.76. The average Bonchev–Trinajstić information content (AvgIpc) is 2.60. The van der Waals surface area contributed by atoms with Gasteiger partial charge >= 0.3 is 6.03 Å². The second-order valence-electron chi connectivity index (χ2n) is 6.13. The van der Waals surface area contributed by atoms with Crippen LogP contribution in [0.1, 0.15) is 25.7 Å². The van der Waals surface area contributed by atoms with Crippen LogP contribution in [0.4, 0.5) is 10.5 Å². The molecule has 1 fully saturated rings. The molecule has 0 bridgehead atoms. The molecule has 0 aliphatic heterocycles. The number of carbonyl (C=O) groups is 1. The predicted octanol–water partition coefficient (Wildman–Crippen LogP) is 4.56. The number of ether oxygens (including phenoxy) is 1. The van der Waals surface area contributed by atoms with Crippen LogP contribution in [0, 0.1) is 0 Å². The minimum atomic E-state index is -0.281. The zero-order chi connectivity index (χ0) is 17.6. The zero-order valence-corrected chi connectivity index (χ0v) is 14.5. The third kappa shape index (κ3) is 4.87. The van der Waals surface area contributed by atoms with Gasteiger partial charge in [-0.05, 0) is 49.9 Å². The predicted molar refractivity (Wildman–Crippen MR) is 98.4 cm³/mol. The van der Waals surface area contributed by atoms with Crippen molar-refractivity contribution in [2.75, 3.05) is 5.32 Å². The van der Waals surface area contributed by atoms with Gasteiger partial charge in [0.1, 0.15) is 5.75 Å². The van der Waals surface area contributed by atoms with Crippen molar-refractivity contribution in [1.82, 2.24) is 5.32 Å². The number of rotatable bonds is 4. The fourth-order valence-electron chi connectivity index (χ4n) is 2.87. The van der Waals surface area contributed by atoms with Crippen LogP contribution in [-0.2, 0) is 0 Å². The molecule has 25 heavy (non-hydrogen) atoms. The third-order valence-corrected chi connectivity index (χ3v) is 4.54. The Hall–Kier alpha value is -2.24. The molecule has 5 nitrogen and oxygen atoms in total. The molecule has 0 spiro atoms. The number of halogens is 1. The highest BCUT2D eigenvalue weighted by atomic mass is 35.5. The SMILES string of the molecule is O=C(Nc1ccccc1Oc1ccccc1Cl)NC1CCC(O)CC1. The minimum Gasteiger partial charge on any atom is -0.454 e. The Kier molecular flexibility index (Phi) is 5.79. The van der Waals surface area contributed by atoms with E-state index in [4.69, 9.17) is 16.3 Å². The number of urea groups is 1. The van der Waals surface area contributed by atoms with Crippen LogP contribution in [0.25, 0.3) is 0 Å². The molecule has 1 aliphatic carbocycles. The number of amides is 2. The average molecular weight is 361 g/mol. The molecule has 1 aliphatic rings. The second kappa shape index (κ2) is 8.23. The summed E-state index contributed by atoms with van der Waals surface area (Å²) in [4.78, 5) is 12.3. The molecule has 1 saturated carbocycles. The van der Waals surface area contributed by atoms with Crippen molar-refractivity contribution in [3.05, 3.63) is 53.6 Å². The van der Waals surface area contributed by atoms with Crippen molar-refractivity contribution in [3.63, 3.8) is 0 Å². The van der Waals surface area contributed by atoms with E-state index in [1.807, 2.05) is 24.3 Å². The molecule has 0 unspecified atom stereocenters. The maximum absolute atomic E-state index is 12.3. The highest BCUT2D eigenvalue weighted by Crippen LogP contribution is 2.33. The lowest BCUT2D eigenvalue weighted by Gasteiger charge is -2.26. The van der Waals surface area contributed by atoms with Crippen molar-refractivity contribution < 1.29 is 14.6 Å². The Bertz CT molecular complexity index is 730. The van der Waals surface area contributed by atoms with E-state index in [9.17, 15) is 9.90 Å². The number of anilines is 1. The van der Waals surface area contributed by atoms with Gasteiger partial charge in [-0.3, -0.25) is 0 Å². The van der Waals surface area contributed by atoms with E-state index in [0.717, 1.165) is 25.7 Å². The van der Waals surface area contributed by atoms with Crippen molar-refractivity contribution in [1.29, 1.82) is 0 Å². The molecule has 2 amide bonds. The van der Waals surface area contributed by atoms with Crippen molar-refractivity contribution in [3.8, 4) is 11.5 Å². The molecular formula is C19H21ClN2O3. The van der Waals surface area contributed by atoms with Gasteiger partial charge in [0.2, 0.25) is 0 Å². The van der Waals surface area contributed by atoms with Gasteiger partial charge in [-0.25, -0.2) is 4.79 Å².